The minimum absolute atomic E-state index is 0.0518. The summed E-state index contributed by atoms with van der Waals surface area (Å²) in [6, 6.07) is 4.40. The fraction of sp³-hybridized carbons (Fsp3) is 0.692. The topological polar surface area (TPSA) is 49.5 Å². The normalized spacial score (nSPS) is 16.2. The number of nitrogens with zero attached hydrogens (tertiary/aromatic N) is 1. The molecule has 0 amide bonds. The summed E-state index contributed by atoms with van der Waals surface area (Å²) >= 11 is 1.73. The van der Waals surface area contributed by atoms with E-state index in [4.69, 9.17) is 5.73 Å². The Morgan fingerprint density at radius 2 is 2.18 bits per heavy atom. The van der Waals surface area contributed by atoms with Crippen molar-refractivity contribution in [2.75, 3.05) is 13.1 Å². The van der Waals surface area contributed by atoms with Gasteiger partial charge in [-0.1, -0.05) is 13.0 Å². The molecule has 0 aromatic carbocycles. The molecule has 2 atom stereocenters. The zero-order valence-corrected chi connectivity index (χ0v) is 12.0. The highest BCUT2D eigenvalue weighted by molar-refractivity contribution is 7.10. The lowest BCUT2D eigenvalue weighted by Crippen LogP contribution is -2.45. The standard InChI is InChI=1S/C13H24N2OS/c1-5-15(9-13(3,4)16)12(10(2)14)11-7-6-8-17-11/h6-8,10,12,16H,5,9,14H2,1-4H3. The smallest absolute Gasteiger partial charge is 0.0718 e. The molecule has 0 bridgehead atoms. The lowest BCUT2D eigenvalue weighted by Gasteiger charge is -2.36. The van der Waals surface area contributed by atoms with E-state index < -0.39 is 5.60 Å². The van der Waals surface area contributed by atoms with Crippen molar-refractivity contribution < 1.29 is 5.11 Å². The molecule has 0 aliphatic carbocycles. The quantitative estimate of drug-likeness (QED) is 0.820. The van der Waals surface area contributed by atoms with Crippen LogP contribution in [-0.4, -0.2) is 34.7 Å². The van der Waals surface area contributed by atoms with E-state index in [1.54, 1.807) is 11.3 Å². The molecular formula is C13H24N2OS. The predicted octanol–water partition coefficient (Wildman–Crippen LogP) is 2.23. The average molecular weight is 256 g/mol. The van der Waals surface area contributed by atoms with Crippen LogP contribution in [0.25, 0.3) is 0 Å². The van der Waals surface area contributed by atoms with Crippen molar-refractivity contribution in [2.24, 2.45) is 5.73 Å². The molecule has 1 aromatic heterocycles. The van der Waals surface area contributed by atoms with Gasteiger partial charge in [0.15, 0.2) is 0 Å². The summed E-state index contributed by atoms with van der Waals surface area (Å²) in [5.41, 5.74) is 5.41. The van der Waals surface area contributed by atoms with Gasteiger partial charge in [0.2, 0.25) is 0 Å². The lowest BCUT2D eigenvalue weighted by molar-refractivity contribution is 0.0193. The van der Waals surface area contributed by atoms with Crippen molar-refractivity contribution in [2.45, 2.75) is 45.4 Å². The van der Waals surface area contributed by atoms with Gasteiger partial charge in [-0.25, -0.2) is 0 Å². The largest absolute Gasteiger partial charge is 0.389 e. The average Bonchev–Trinajstić information content (AvgIpc) is 2.67. The van der Waals surface area contributed by atoms with E-state index >= 15 is 0 Å². The number of hydrogen-bond acceptors (Lipinski definition) is 4. The fourth-order valence-corrected chi connectivity index (χ4v) is 3.11. The van der Waals surface area contributed by atoms with Gasteiger partial charge in [0, 0.05) is 17.5 Å². The molecule has 0 aliphatic heterocycles. The van der Waals surface area contributed by atoms with Crippen LogP contribution >= 0.6 is 11.3 Å². The second-order valence-corrected chi connectivity index (χ2v) is 6.17. The monoisotopic (exact) mass is 256 g/mol. The van der Waals surface area contributed by atoms with Gasteiger partial charge < -0.3 is 10.8 Å². The molecule has 0 fully saturated rings. The van der Waals surface area contributed by atoms with Crippen molar-refractivity contribution in [1.29, 1.82) is 0 Å². The molecule has 1 heterocycles. The van der Waals surface area contributed by atoms with E-state index in [9.17, 15) is 5.11 Å². The Hall–Kier alpha value is -0.420. The first-order valence-electron chi connectivity index (χ1n) is 6.10. The molecule has 0 saturated carbocycles. The van der Waals surface area contributed by atoms with Gasteiger partial charge in [-0.15, -0.1) is 11.3 Å². The molecule has 1 rings (SSSR count). The maximum Gasteiger partial charge on any atom is 0.0718 e. The third-order valence-corrected chi connectivity index (χ3v) is 3.67. The van der Waals surface area contributed by atoms with Crippen LogP contribution in [0.3, 0.4) is 0 Å². The van der Waals surface area contributed by atoms with Crippen LogP contribution in [0.5, 0.6) is 0 Å². The molecular weight excluding hydrogens is 232 g/mol. The van der Waals surface area contributed by atoms with Gasteiger partial charge in [-0.2, -0.15) is 0 Å². The van der Waals surface area contributed by atoms with Gasteiger partial charge >= 0.3 is 0 Å². The summed E-state index contributed by atoms with van der Waals surface area (Å²) in [7, 11) is 0. The van der Waals surface area contributed by atoms with Gasteiger partial charge in [-0.3, -0.25) is 4.90 Å². The summed E-state index contributed by atoms with van der Waals surface area (Å²) in [4.78, 5) is 3.52. The number of hydrogen-bond donors (Lipinski definition) is 2. The van der Waals surface area contributed by atoms with E-state index in [-0.39, 0.29) is 12.1 Å². The Labute approximate surface area is 108 Å². The molecule has 4 heteroatoms. The van der Waals surface area contributed by atoms with Crippen molar-refractivity contribution in [3.63, 3.8) is 0 Å². The van der Waals surface area contributed by atoms with Gasteiger partial charge in [0.25, 0.3) is 0 Å². The second kappa shape index (κ2) is 5.96. The van der Waals surface area contributed by atoms with Crippen molar-refractivity contribution in [3.8, 4) is 0 Å². The van der Waals surface area contributed by atoms with Crippen LogP contribution in [0, 0.1) is 0 Å². The minimum Gasteiger partial charge on any atom is -0.389 e. The van der Waals surface area contributed by atoms with E-state index in [2.05, 4.69) is 23.3 Å². The Kier molecular flexibility index (Phi) is 5.13. The van der Waals surface area contributed by atoms with Crippen molar-refractivity contribution in [3.05, 3.63) is 22.4 Å². The van der Waals surface area contributed by atoms with Gasteiger partial charge in [0.05, 0.1) is 11.6 Å². The first kappa shape index (κ1) is 14.6. The first-order chi connectivity index (χ1) is 7.85. The number of likely N-dealkylation sites (N-methyl/N-ethyl adjacent to an activating group) is 1. The summed E-state index contributed by atoms with van der Waals surface area (Å²) in [6.07, 6.45) is 0. The van der Waals surface area contributed by atoms with Crippen molar-refractivity contribution in [1.82, 2.24) is 4.90 Å². The van der Waals surface area contributed by atoms with Crippen LogP contribution in [0.4, 0.5) is 0 Å². The summed E-state index contributed by atoms with van der Waals surface area (Å²) in [5.74, 6) is 0. The SMILES string of the molecule is CCN(CC(C)(C)O)C(c1cccs1)C(C)N. The Balaban J connectivity index is 2.88. The Morgan fingerprint density at radius 1 is 1.53 bits per heavy atom. The van der Waals surface area contributed by atoms with Crippen LogP contribution in [0.2, 0.25) is 0 Å². The highest BCUT2D eigenvalue weighted by Gasteiger charge is 2.27. The molecule has 0 aliphatic rings. The molecule has 0 saturated heterocycles. The van der Waals surface area contributed by atoms with Crippen molar-refractivity contribution >= 4 is 11.3 Å². The van der Waals surface area contributed by atoms with E-state index in [0.29, 0.717) is 6.54 Å². The van der Waals surface area contributed by atoms with Gasteiger partial charge in [-0.05, 0) is 38.8 Å². The lowest BCUT2D eigenvalue weighted by atomic mass is 10.0. The molecule has 2 unspecified atom stereocenters. The zero-order chi connectivity index (χ0) is 13.1. The van der Waals surface area contributed by atoms with E-state index in [1.165, 1.54) is 4.88 Å². The van der Waals surface area contributed by atoms with Gasteiger partial charge in [0.1, 0.15) is 0 Å². The zero-order valence-electron chi connectivity index (χ0n) is 11.2. The number of nitrogens with two attached hydrogens (primary N) is 1. The van der Waals surface area contributed by atoms with Crippen LogP contribution in [0.15, 0.2) is 17.5 Å². The fourth-order valence-electron chi connectivity index (χ4n) is 2.13. The van der Waals surface area contributed by atoms with E-state index in [0.717, 1.165) is 6.54 Å². The van der Waals surface area contributed by atoms with E-state index in [1.807, 2.05) is 26.8 Å². The Bertz CT molecular complexity index is 317. The molecule has 3 N–H and O–H groups in total. The maximum absolute atomic E-state index is 9.97. The molecule has 0 radical (unpaired) electrons. The number of thiophene rings is 1. The molecule has 17 heavy (non-hydrogen) atoms. The summed E-state index contributed by atoms with van der Waals surface area (Å²) in [6.45, 7) is 9.32. The third-order valence-electron chi connectivity index (χ3n) is 2.72. The Morgan fingerprint density at radius 3 is 2.53 bits per heavy atom. The van der Waals surface area contributed by atoms with Crippen LogP contribution in [-0.2, 0) is 0 Å². The second-order valence-electron chi connectivity index (χ2n) is 5.19. The highest BCUT2D eigenvalue weighted by Crippen LogP contribution is 2.28. The summed E-state index contributed by atoms with van der Waals surface area (Å²) in [5, 5.41) is 12.0. The third kappa shape index (κ3) is 4.39. The van der Waals surface area contributed by atoms with Crippen LogP contribution in [0.1, 0.15) is 38.6 Å². The highest BCUT2D eigenvalue weighted by atomic mass is 32.1. The molecule has 0 spiro atoms. The molecule has 98 valence electrons. The maximum atomic E-state index is 9.97. The summed E-state index contributed by atoms with van der Waals surface area (Å²) < 4.78 is 0. The number of aliphatic hydroxyl groups is 1. The molecule has 3 nitrogen and oxygen atoms in total. The number of rotatable bonds is 6. The first-order valence-corrected chi connectivity index (χ1v) is 6.98. The minimum atomic E-state index is -0.694. The van der Waals surface area contributed by atoms with Crippen LogP contribution < -0.4 is 5.73 Å². The predicted molar refractivity (Wildman–Crippen MR) is 74.3 cm³/mol. The molecule has 1 aromatic rings.